The summed E-state index contributed by atoms with van der Waals surface area (Å²) in [5.74, 6) is -1.46. The Morgan fingerprint density at radius 3 is 2.83 bits per heavy atom. The molecule has 1 aliphatic heterocycles. The summed E-state index contributed by atoms with van der Waals surface area (Å²) in [5, 5.41) is 2.74. The van der Waals surface area contributed by atoms with Gasteiger partial charge in [-0.3, -0.25) is 4.79 Å². The topological polar surface area (TPSA) is 71.0 Å². The predicted octanol–water partition coefficient (Wildman–Crippen LogP) is 3.45. The largest absolute Gasteiger partial charge is 0.369 e. The fourth-order valence-electron chi connectivity index (χ4n) is 3.71. The van der Waals surface area contributed by atoms with E-state index in [9.17, 15) is 13.6 Å². The summed E-state index contributed by atoms with van der Waals surface area (Å²) in [4.78, 5) is 28.2. The van der Waals surface area contributed by atoms with Crippen molar-refractivity contribution in [3.8, 4) is 0 Å². The van der Waals surface area contributed by atoms with Crippen molar-refractivity contribution in [1.82, 2.24) is 20.3 Å². The van der Waals surface area contributed by atoms with Crippen LogP contribution < -0.4 is 10.2 Å². The van der Waals surface area contributed by atoms with Gasteiger partial charge in [-0.05, 0) is 51.0 Å². The van der Waals surface area contributed by atoms with E-state index in [4.69, 9.17) is 0 Å². The number of benzene rings is 1. The summed E-state index contributed by atoms with van der Waals surface area (Å²) in [6.07, 6.45) is 3.35. The van der Waals surface area contributed by atoms with Gasteiger partial charge >= 0.3 is 0 Å². The maximum atomic E-state index is 13.8. The number of aromatic nitrogens is 3. The van der Waals surface area contributed by atoms with Crippen LogP contribution in [0.3, 0.4) is 0 Å². The number of hydrogen-bond donors (Lipinski definition) is 1. The second-order valence-electron chi connectivity index (χ2n) is 7.67. The van der Waals surface area contributed by atoms with Crippen LogP contribution >= 0.6 is 0 Å². The Bertz CT molecular complexity index is 1100. The van der Waals surface area contributed by atoms with Crippen molar-refractivity contribution in [1.29, 1.82) is 0 Å². The normalized spacial score (nSPS) is 16.7. The second-order valence-corrected chi connectivity index (χ2v) is 7.67. The fraction of sp³-hybridized carbons (Fsp3) is 0.364. The molecule has 1 atom stereocenters. The van der Waals surface area contributed by atoms with E-state index < -0.39 is 11.6 Å². The number of carbonyl (C=O) groups excluding carboxylic acids is 1. The van der Waals surface area contributed by atoms with Crippen molar-refractivity contribution in [2.45, 2.75) is 33.2 Å². The molecule has 0 bridgehead atoms. The van der Waals surface area contributed by atoms with Gasteiger partial charge < -0.3 is 10.2 Å². The molecule has 0 radical (unpaired) electrons. The lowest BCUT2D eigenvalue weighted by molar-refractivity contribution is -0.125. The molecule has 4 rings (SSSR count). The van der Waals surface area contributed by atoms with Crippen molar-refractivity contribution in [2.75, 3.05) is 18.0 Å². The van der Waals surface area contributed by atoms with Gasteiger partial charge in [-0.25, -0.2) is 23.7 Å². The van der Waals surface area contributed by atoms with Crippen LogP contribution in [-0.2, 0) is 11.3 Å². The zero-order valence-corrected chi connectivity index (χ0v) is 17.0. The van der Waals surface area contributed by atoms with E-state index in [2.05, 4.69) is 25.2 Å². The highest BCUT2D eigenvalue weighted by molar-refractivity contribution is 5.80. The van der Waals surface area contributed by atoms with Gasteiger partial charge in [0.15, 0.2) is 5.65 Å². The molecule has 6 nitrogen and oxygen atoms in total. The molecule has 156 valence electrons. The highest BCUT2D eigenvalue weighted by atomic mass is 19.1. The van der Waals surface area contributed by atoms with E-state index in [1.165, 1.54) is 0 Å². The highest BCUT2D eigenvalue weighted by Crippen LogP contribution is 2.25. The van der Waals surface area contributed by atoms with Crippen LogP contribution in [0.2, 0.25) is 0 Å². The van der Waals surface area contributed by atoms with Gasteiger partial charge in [0.1, 0.15) is 17.2 Å². The first-order chi connectivity index (χ1) is 14.4. The fourth-order valence-corrected chi connectivity index (χ4v) is 3.71. The van der Waals surface area contributed by atoms with Crippen LogP contribution in [-0.4, -0.2) is 33.9 Å². The number of fused-ring (bicyclic) bond motifs is 1. The Morgan fingerprint density at radius 1 is 1.20 bits per heavy atom. The van der Waals surface area contributed by atoms with Crippen LogP contribution in [0.15, 0.2) is 30.5 Å². The molecule has 1 amide bonds. The van der Waals surface area contributed by atoms with E-state index in [-0.39, 0.29) is 23.9 Å². The number of piperidine rings is 1. The molecule has 0 saturated carbocycles. The number of nitrogens with one attached hydrogen (secondary N) is 1. The molecule has 2 aromatic heterocycles. The Balaban J connectivity index is 1.45. The van der Waals surface area contributed by atoms with Crippen molar-refractivity contribution < 1.29 is 13.6 Å². The number of pyridine rings is 1. The van der Waals surface area contributed by atoms with Crippen molar-refractivity contribution >= 4 is 22.8 Å². The summed E-state index contributed by atoms with van der Waals surface area (Å²) in [7, 11) is 0. The molecule has 1 N–H and O–H groups in total. The number of hydrogen-bond acceptors (Lipinski definition) is 5. The van der Waals surface area contributed by atoms with E-state index >= 15 is 0 Å². The second kappa shape index (κ2) is 8.30. The molecular weight excluding hydrogens is 388 g/mol. The van der Waals surface area contributed by atoms with Crippen LogP contribution in [0.1, 0.15) is 29.8 Å². The summed E-state index contributed by atoms with van der Waals surface area (Å²) >= 11 is 0. The third-order valence-corrected chi connectivity index (χ3v) is 5.54. The Labute approximate surface area is 173 Å². The molecule has 30 heavy (non-hydrogen) atoms. The molecule has 1 saturated heterocycles. The molecule has 0 spiro atoms. The van der Waals surface area contributed by atoms with Crippen molar-refractivity contribution in [3.63, 3.8) is 0 Å². The maximum absolute atomic E-state index is 13.8. The summed E-state index contributed by atoms with van der Waals surface area (Å²) in [6, 6.07) is 5.18. The standard InChI is InChI=1S/C22H23F2N5O/c1-13-14(2)28-21-20(27-13)9-18(11-25-21)29-7-3-4-15(12-29)22(30)26-10-16-8-17(23)5-6-19(16)24/h5-6,8-9,11,15H,3-4,7,10,12H2,1-2H3,(H,26,30)/t15-/m0/s1. The van der Waals surface area contributed by atoms with E-state index in [1.807, 2.05) is 19.9 Å². The van der Waals surface area contributed by atoms with Crippen LogP contribution in [0.25, 0.3) is 11.2 Å². The zero-order valence-electron chi connectivity index (χ0n) is 17.0. The molecule has 1 fully saturated rings. The molecule has 3 aromatic rings. The first-order valence-electron chi connectivity index (χ1n) is 9.98. The number of halogens is 2. The first kappa shape index (κ1) is 20.1. The SMILES string of the molecule is Cc1nc2cc(N3CCC[C@H](C(=O)NCc4cc(F)ccc4F)C3)cnc2nc1C. The van der Waals surface area contributed by atoms with Gasteiger partial charge in [-0.15, -0.1) is 0 Å². The van der Waals surface area contributed by atoms with Gasteiger partial charge in [0, 0.05) is 25.2 Å². The number of anilines is 1. The maximum Gasteiger partial charge on any atom is 0.225 e. The number of amides is 1. The summed E-state index contributed by atoms with van der Waals surface area (Å²) < 4.78 is 27.1. The molecular formula is C22H23F2N5O. The summed E-state index contributed by atoms with van der Waals surface area (Å²) in [5.41, 5.74) is 4.08. The minimum atomic E-state index is -0.532. The molecule has 3 heterocycles. The monoisotopic (exact) mass is 411 g/mol. The minimum absolute atomic E-state index is 0.0370. The van der Waals surface area contributed by atoms with E-state index in [0.29, 0.717) is 12.2 Å². The van der Waals surface area contributed by atoms with Crippen molar-refractivity contribution in [3.05, 3.63) is 59.0 Å². The van der Waals surface area contributed by atoms with Gasteiger partial charge in [-0.1, -0.05) is 0 Å². The third kappa shape index (κ3) is 4.22. The van der Waals surface area contributed by atoms with Gasteiger partial charge in [0.2, 0.25) is 5.91 Å². The Kier molecular flexibility index (Phi) is 5.57. The zero-order chi connectivity index (χ0) is 21.3. The molecule has 1 aromatic carbocycles. The van der Waals surface area contributed by atoms with Crippen LogP contribution in [0.4, 0.5) is 14.5 Å². The number of rotatable bonds is 4. The number of carbonyl (C=O) groups is 1. The molecule has 0 aliphatic carbocycles. The van der Waals surface area contributed by atoms with Gasteiger partial charge in [-0.2, -0.15) is 0 Å². The summed E-state index contributed by atoms with van der Waals surface area (Å²) in [6.45, 7) is 5.12. The van der Waals surface area contributed by atoms with E-state index in [1.54, 1.807) is 6.20 Å². The predicted molar refractivity (Wildman–Crippen MR) is 110 cm³/mol. The number of nitrogens with zero attached hydrogens (tertiary/aromatic N) is 4. The van der Waals surface area contributed by atoms with E-state index in [0.717, 1.165) is 60.2 Å². The van der Waals surface area contributed by atoms with Crippen LogP contribution in [0, 0.1) is 31.4 Å². The van der Waals surface area contributed by atoms with Gasteiger partial charge in [0.25, 0.3) is 0 Å². The minimum Gasteiger partial charge on any atom is -0.369 e. The lowest BCUT2D eigenvalue weighted by Gasteiger charge is -2.33. The smallest absolute Gasteiger partial charge is 0.225 e. The average molecular weight is 411 g/mol. The Hall–Kier alpha value is -3.16. The quantitative estimate of drug-likeness (QED) is 0.712. The first-order valence-corrected chi connectivity index (χ1v) is 9.98. The van der Waals surface area contributed by atoms with Crippen LogP contribution in [0.5, 0.6) is 0 Å². The number of aryl methyl sites for hydroxylation is 2. The molecule has 0 unspecified atom stereocenters. The van der Waals surface area contributed by atoms with Crippen molar-refractivity contribution in [2.24, 2.45) is 5.92 Å². The highest BCUT2D eigenvalue weighted by Gasteiger charge is 2.26. The molecule has 1 aliphatic rings. The van der Waals surface area contributed by atoms with Gasteiger partial charge in [0.05, 0.1) is 29.2 Å². The average Bonchev–Trinajstić information content (AvgIpc) is 2.74. The third-order valence-electron chi connectivity index (χ3n) is 5.54. The molecule has 8 heteroatoms. The lowest BCUT2D eigenvalue weighted by atomic mass is 9.96. The lowest BCUT2D eigenvalue weighted by Crippen LogP contribution is -2.43. The Morgan fingerprint density at radius 2 is 2.00 bits per heavy atom.